The number of likely N-dealkylation sites (tertiary alicyclic amines) is 1. The first kappa shape index (κ1) is 19.0. The molecule has 8 heteroatoms. The Kier molecular flexibility index (Phi) is 7.41. The van der Waals surface area contributed by atoms with Crippen LogP contribution in [-0.2, 0) is 0 Å². The summed E-state index contributed by atoms with van der Waals surface area (Å²) in [6.07, 6.45) is -3.51. The van der Waals surface area contributed by atoms with Crippen LogP contribution in [0.5, 0.6) is 0 Å². The normalized spacial score (nSPS) is 21.1. The van der Waals surface area contributed by atoms with Gasteiger partial charge in [0.25, 0.3) is 0 Å². The van der Waals surface area contributed by atoms with Crippen molar-refractivity contribution < 1.29 is 23.1 Å². The van der Waals surface area contributed by atoms with Crippen LogP contribution in [0.25, 0.3) is 0 Å². The second kappa shape index (κ2) is 8.57. The van der Waals surface area contributed by atoms with Crippen LogP contribution in [0.4, 0.5) is 18.0 Å². The Morgan fingerprint density at radius 2 is 2.05 bits per heavy atom. The van der Waals surface area contributed by atoms with Gasteiger partial charge in [-0.3, -0.25) is 4.90 Å². The first-order valence-electron chi connectivity index (χ1n) is 7.64. The third-order valence-electron chi connectivity index (χ3n) is 3.57. The molecule has 0 spiro atoms. The summed E-state index contributed by atoms with van der Waals surface area (Å²) in [5, 5.41) is 14.9. The highest BCUT2D eigenvalue weighted by molar-refractivity contribution is 5.73. The van der Waals surface area contributed by atoms with E-state index in [0.717, 1.165) is 0 Å². The number of carbonyl (C=O) groups is 1. The zero-order valence-electron chi connectivity index (χ0n) is 13.1. The molecule has 0 aromatic heterocycles. The summed E-state index contributed by atoms with van der Waals surface area (Å²) in [6.45, 7) is 4.34. The maximum Gasteiger partial charge on any atom is 0.401 e. The number of rotatable bonds is 7. The Bertz CT molecular complexity index is 351. The van der Waals surface area contributed by atoms with E-state index in [9.17, 15) is 23.1 Å². The van der Waals surface area contributed by atoms with Crippen molar-refractivity contribution in [1.29, 1.82) is 0 Å². The van der Waals surface area contributed by atoms with E-state index in [2.05, 4.69) is 10.6 Å². The number of nitrogens with one attached hydrogen (secondary N) is 2. The zero-order valence-corrected chi connectivity index (χ0v) is 13.1. The summed E-state index contributed by atoms with van der Waals surface area (Å²) < 4.78 is 36.8. The fraction of sp³-hybridized carbons (Fsp3) is 0.929. The van der Waals surface area contributed by atoms with E-state index in [0.29, 0.717) is 38.4 Å². The van der Waals surface area contributed by atoms with Crippen molar-refractivity contribution in [2.75, 3.05) is 32.7 Å². The summed E-state index contributed by atoms with van der Waals surface area (Å²) in [4.78, 5) is 12.9. The molecule has 2 unspecified atom stereocenters. The molecule has 1 heterocycles. The van der Waals surface area contributed by atoms with Gasteiger partial charge in [-0.15, -0.1) is 0 Å². The van der Waals surface area contributed by atoms with Crippen LogP contribution in [0, 0.1) is 11.8 Å². The van der Waals surface area contributed by atoms with E-state index < -0.39 is 24.9 Å². The Balaban J connectivity index is 2.15. The largest absolute Gasteiger partial charge is 0.401 e. The van der Waals surface area contributed by atoms with Crippen LogP contribution in [0.3, 0.4) is 0 Å². The maximum absolute atomic E-state index is 12.3. The van der Waals surface area contributed by atoms with Gasteiger partial charge in [0, 0.05) is 19.6 Å². The Morgan fingerprint density at radius 1 is 1.36 bits per heavy atom. The summed E-state index contributed by atoms with van der Waals surface area (Å²) in [6, 6.07) is -0.392. The molecule has 1 saturated heterocycles. The number of halogens is 3. The predicted octanol–water partition coefficient (Wildman–Crippen LogP) is 1.58. The first-order chi connectivity index (χ1) is 10.2. The number of carbonyl (C=O) groups excluding carboxylic acids is 1. The quantitative estimate of drug-likeness (QED) is 0.666. The predicted molar refractivity (Wildman–Crippen MR) is 77.5 cm³/mol. The number of nitrogens with zero attached hydrogens (tertiary/aromatic N) is 1. The number of hydrogen-bond acceptors (Lipinski definition) is 3. The van der Waals surface area contributed by atoms with Crippen LogP contribution in [0.15, 0.2) is 0 Å². The minimum Gasteiger partial charge on any atom is -0.391 e. The third-order valence-corrected chi connectivity index (χ3v) is 3.57. The van der Waals surface area contributed by atoms with Crippen LogP contribution in [-0.4, -0.2) is 61.0 Å². The number of urea groups is 1. The summed E-state index contributed by atoms with van der Waals surface area (Å²) in [5.74, 6) is 0.381. The molecule has 130 valence electrons. The minimum absolute atomic E-state index is 0.0358. The van der Waals surface area contributed by atoms with E-state index in [1.54, 1.807) is 0 Å². The summed E-state index contributed by atoms with van der Waals surface area (Å²) in [7, 11) is 0. The van der Waals surface area contributed by atoms with E-state index in [1.807, 2.05) is 13.8 Å². The lowest BCUT2D eigenvalue weighted by atomic mass is 10.1. The second-order valence-corrected chi connectivity index (χ2v) is 6.38. The SMILES string of the molecule is CC(C)CC(O)CNC(=O)NCC1CCN(CC(F)(F)F)C1. The molecule has 22 heavy (non-hydrogen) atoms. The van der Waals surface area contributed by atoms with Crippen molar-refractivity contribution in [3.8, 4) is 0 Å². The lowest BCUT2D eigenvalue weighted by Gasteiger charge is -2.18. The van der Waals surface area contributed by atoms with Crippen molar-refractivity contribution in [2.24, 2.45) is 11.8 Å². The van der Waals surface area contributed by atoms with Gasteiger partial charge < -0.3 is 15.7 Å². The summed E-state index contributed by atoms with van der Waals surface area (Å²) >= 11 is 0. The van der Waals surface area contributed by atoms with Gasteiger partial charge in [-0.1, -0.05) is 13.8 Å². The molecule has 0 aromatic carbocycles. The number of aliphatic hydroxyl groups excluding tert-OH is 1. The molecule has 0 radical (unpaired) electrons. The first-order valence-corrected chi connectivity index (χ1v) is 7.64. The zero-order chi connectivity index (χ0) is 16.8. The highest BCUT2D eigenvalue weighted by Crippen LogP contribution is 2.22. The van der Waals surface area contributed by atoms with Crippen LogP contribution in [0.1, 0.15) is 26.7 Å². The standard InChI is InChI=1S/C14H26F3N3O2/c1-10(2)5-12(21)7-19-13(22)18-6-11-3-4-20(8-11)9-14(15,16)17/h10-12,21H,3-9H2,1-2H3,(H2,18,19,22). The second-order valence-electron chi connectivity index (χ2n) is 6.38. The number of hydrogen-bond donors (Lipinski definition) is 3. The van der Waals surface area contributed by atoms with Crippen molar-refractivity contribution in [3.63, 3.8) is 0 Å². The van der Waals surface area contributed by atoms with Crippen LogP contribution < -0.4 is 10.6 Å². The van der Waals surface area contributed by atoms with E-state index in [1.165, 1.54) is 4.90 Å². The molecule has 1 rings (SSSR count). The van der Waals surface area contributed by atoms with Gasteiger partial charge in [-0.05, 0) is 31.2 Å². The van der Waals surface area contributed by atoms with Gasteiger partial charge in [-0.2, -0.15) is 13.2 Å². The molecular weight excluding hydrogens is 299 g/mol. The van der Waals surface area contributed by atoms with Crippen LogP contribution in [0.2, 0.25) is 0 Å². The highest BCUT2D eigenvalue weighted by atomic mass is 19.4. The number of aliphatic hydroxyl groups is 1. The lowest BCUT2D eigenvalue weighted by Crippen LogP contribution is -2.42. The molecule has 0 saturated carbocycles. The number of amides is 2. The van der Waals surface area contributed by atoms with Crippen molar-refractivity contribution >= 4 is 6.03 Å². The molecule has 2 atom stereocenters. The topological polar surface area (TPSA) is 64.6 Å². The Hall–Kier alpha value is -1.02. The molecule has 2 amide bonds. The lowest BCUT2D eigenvalue weighted by molar-refractivity contribution is -0.143. The fourth-order valence-electron chi connectivity index (χ4n) is 2.61. The molecule has 0 aliphatic carbocycles. The molecule has 1 aliphatic heterocycles. The van der Waals surface area contributed by atoms with E-state index >= 15 is 0 Å². The van der Waals surface area contributed by atoms with Crippen LogP contribution >= 0.6 is 0 Å². The Morgan fingerprint density at radius 3 is 2.64 bits per heavy atom. The Labute approximate surface area is 129 Å². The van der Waals surface area contributed by atoms with Gasteiger partial charge >= 0.3 is 12.2 Å². The molecule has 3 N–H and O–H groups in total. The van der Waals surface area contributed by atoms with Gasteiger partial charge in [-0.25, -0.2) is 4.79 Å². The average Bonchev–Trinajstić information content (AvgIpc) is 2.78. The smallest absolute Gasteiger partial charge is 0.391 e. The molecule has 0 aromatic rings. The minimum atomic E-state index is -4.17. The monoisotopic (exact) mass is 325 g/mol. The van der Waals surface area contributed by atoms with Gasteiger partial charge in [0.2, 0.25) is 0 Å². The van der Waals surface area contributed by atoms with E-state index in [-0.39, 0.29) is 12.5 Å². The third kappa shape index (κ3) is 8.43. The van der Waals surface area contributed by atoms with Crippen molar-refractivity contribution in [1.82, 2.24) is 15.5 Å². The van der Waals surface area contributed by atoms with Crippen molar-refractivity contribution in [3.05, 3.63) is 0 Å². The molecule has 1 aliphatic rings. The average molecular weight is 325 g/mol. The van der Waals surface area contributed by atoms with Crippen molar-refractivity contribution in [2.45, 2.75) is 39.0 Å². The fourth-order valence-corrected chi connectivity index (χ4v) is 2.61. The molecule has 5 nitrogen and oxygen atoms in total. The van der Waals surface area contributed by atoms with Gasteiger partial charge in [0.05, 0.1) is 12.6 Å². The van der Waals surface area contributed by atoms with Gasteiger partial charge in [0.1, 0.15) is 0 Å². The molecule has 0 bridgehead atoms. The number of alkyl halides is 3. The highest BCUT2D eigenvalue weighted by Gasteiger charge is 2.34. The summed E-state index contributed by atoms with van der Waals surface area (Å²) in [5.41, 5.74) is 0. The molecular formula is C14H26F3N3O2. The molecule has 1 fully saturated rings. The van der Waals surface area contributed by atoms with E-state index in [4.69, 9.17) is 0 Å². The maximum atomic E-state index is 12.3. The van der Waals surface area contributed by atoms with Gasteiger partial charge in [0.15, 0.2) is 0 Å².